The van der Waals surface area contributed by atoms with E-state index in [0.717, 1.165) is 16.0 Å². The summed E-state index contributed by atoms with van der Waals surface area (Å²) in [5.74, 6) is 0.313. The number of β-lactam (4-membered cyclic amide) rings is 1. The number of anilines is 1. The van der Waals surface area contributed by atoms with Gasteiger partial charge in [-0.25, -0.2) is 9.78 Å². The molecule has 8 heteroatoms. The number of oxime groups is 1. The molecule has 0 saturated carbocycles. The van der Waals surface area contributed by atoms with Gasteiger partial charge in [0.15, 0.2) is 0 Å². The summed E-state index contributed by atoms with van der Waals surface area (Å²) in [5, 5.41) is 14.1. The zero-order chi connectivity index (χ0) is 19.8. The van der Waals surface area contributed by atoms with Crippen molar-refractivity contribution in [2.24, 2.45) is 5.16 Å². The van der Waals surface area contributed by atoms with E-state index in [0.29, 0.717) is 5.82 Å². The average molecular weight is 369 g/mol. The average Bonchev–Trinajstić information content (AvgIpc) is 2.62. The Labute approximate surface area is 157 Å². The molecular formula is C19H23N5O3. The molecule has 3 rings (SSSR count). The number of pyridine rings is 1. The Balaban J connectivity index is 0.000000273. The smallest absolute Gasteiger partial charge is 0.325 e. The largest absolute Gasteiger partial charge is 0.411 e. The molecule has 27 heavy (non-hydrogen) atoms. The molecule has 1 aliphatic rings. The number of nitrogens with zero attached hydrogens (tertiary/aromatic N) is 3. The fraction of sp³-hybridized carbons (Fsp3) is 0.263. The van der Waals surface area contributed by atoms with E-state index < -0.39 is 12.1 Å². The fourth-order valence-corrected chi connectivity index (χ4v) is 2.54. The summed E-state index contributed by atoms with van der Waals surface area (Å²) >= 11 is 0. The third-order valence-corrected chi connectivity index (χ3v) is 4.02. The van der Waals surface area contributed by atoms with Crippen molar-refractivity contribution in [1.29, 1.82) is 0 Å². The Morgan fingerprint density at radius 3 is 2.63 bits per heavy atom. The predicted molar refractivity (Wildman–Crippen MR) is 102 cm³/mol. The van der Waals surface area contributed by atoms with Gasteiger partial charge < -0.3 is 16.3 Å². The van der Waals surface area contributed by atoms with Crippen LogP contribution in [-0.2, 0) is 4.79 Å². The molecule has 1 aromatic carbocycles. The zero-order valence-corrected chi connectivity index (χ0v) is 15.2. The van der Waals surface area contributed by atoms with E-state index in [1.54, 1.807) is 6.20 Å². The van der Waals surface area contributed by atoms with E-state index in [9.17, 15) is 9.59 Å². The van der Waals surface area contributed by atoms with Crippen LogP contribution in [0.4, 0.5) is 10.6 Å². The van der Waals surface area contributed by atoms with Crippen LogP contribution in [0.25, 0.3) is 0 Å². The highest BCUT2D eigenvalue weighted by molar-refractivity contribution is 6.04. The molecule has 8 nitrogen and oxygen atoms in total. The van der Waals surface area contributed by atoms with Gasteiger partial charge in [-0.2, -0.15) is 0 Å². The highest BCUT2D eigenvalue weighted by Crippen LogP contribution is 2.19. The van der Waals surface area contributed by atoms with Crippen molar-refractivity contribution >= 4 is 24.0 Å². The van der Waals surface area contributed by atoms with Gasteiger partial charge in [-0.3, -0.25) is 9.69 Å². The molecule has 2 aromatic rings. The Hall–Kier alpha value is -3.42. The Bertz CT molecular complexity index is 793. The lowest BCUT2D eigenvalue weighted by atomic mass is 10.0. The van der Waals surface area contributed by atoms with E-state index in [2.05, 4.69) is 15.5 Å². The van der Waals surface area contributed by atoms with Crippen molar-refractivity contribution < 1.29 is 14.8 Å². The first-order valence-electron chi connectivity index (χ1n) is 8.45. The molecule has 0 radical (unpaired) electrons. The molecule has 1 aromatic heterocycles. The number of carbonyl (C=O) groups excluding carboxylic acids is 2. The molecule has 1 fully saturated rings. The zero-order valence-electron chi connectivity index (χ0n) is 15.2. The summed E-state index contributed by atoms with van der Waals surface area (Å²) < 4.78 is 0. The number of likely N-dealkylation sites (tertiary alicyclic amines) is 1. The van der Waals surface area contributed by atoms with Gasteiger partial charge in [0.1, 0.15) is 5.82 Å². The summed E-state index contributed by atoms with van der Waals surface area (Å²) in [6.07, 6.45) is 3.07. The lowest BCUT2D eigenvalue weighted by Gasteiger charge is -2.36. The minimum atomic E-state index is -0.475. The fourth-order valence-electron chi connectivity index (χ4n) is 2.54. The molecule has 0 bridgehead atoms. The number of nitrogen functional groups attached to an aromatic ring is 1. The van der Waals surface area contributed by atoms with Crippen LogP contribution in [0.2, 0.25) is 0 Å². The number of urea groups is 1. The maximum Gasteiger partial charge on any atom is 0.325 e. The van der Waals surface area contributed by atoms with Crippen LogP contribution in [0.15, 0.2) is 53.8 Å². The number of nitrogens with two attached hydrogens (primary N) is 1. The molecule has 0 spiro atoms. The topological polar surface area (TPSA) is 121 Å². The predicted octanol–water partition coefficient (Wildman–Crippen LogP) is 2.49. The second-order valence-electron chi connectivity index (χ2n) is 6.14. The number of nitrogens with one attached hydrogen (secondary N) is 1. The van der Waals surface area contributed by atoms with Gasteiger partial charge >= 0.3 is 6.03 Å². The quantitative estimate of drug-likeness (QED) is 0.332. The monoisotopic (exact) mass is 369 g/mol. The van der Waals surface area contributed by atoms with Gasteiger partial charge in [0.2, 0.25) is 5.91 Å². The number of hydrogen-bond acceptors (Lipinski definition) is 6. The molecule has 3 amide bonds. The third-order valence-electron chi connectivity index (χ3n) is 4.02. The second kappa shape index (κ2) is 9.33. The molecule has 2 unspecified atom stereocenters. The highest BCUT2D eigenvalue weighted by atomic mass is 16.4. The summed E-state index contributed by atoms with van der Waals surface area (Å²) in [7, 11) is 0. The third kappa shape index (κ3) is 5.53. The van der Waals surface area contributed by atoms with Gasteiger partial charge in [-0.15, -0.1) is 0 Å². The van der Waals surface area contributed by atoms with E-state index >= 15 is 0 Å². The lowest BCUT2D eigenvalue weighted by molar-refractivity contribution is -0.137. The molecule has 142 valence electrons. The number of imide groups is 1. The molecule has 0 aliphatic carbocycles. The van der Waals surface area contributed by atoms with Crippen LogP contribution >= 0.6 is 0 Å². The van der Waals surface area contributed by atoms with Crippen LogP contribution in [-0.4, -0.2) is 39.3 Å². The first-order valence-corrected chi connectivity index (χ1v) is 8.45. The Morgan fingerprint density at radius 2 is 2.11 bits per heavy atom. The number of benzene rings is 1. The number of rotatable bonds is 3. The van der Waals surface area contributed by atoms with Crippen LogP contribution in [0.5, 0.6) is 0 Å². The van der Waals surface area contributed by atoms with Crippen molar-refractivity contribution in [1.82, 2.24) is 15.2 Å². The molecule has 1 saturated heterocycles. The summed E-state index contributed by atoms with van der Waals surface area (Å²) in [6, 6.07) is 12.1. The van der Waals surface area contributed by atoms with Gasteiger partial charge in [0, 0.05) is 6.20 Å². The molecule has 1 aliphatic heterocycles. The molecule has 2 heterocycles. The van der Waals surface area contributed by atoms with Crippen molar-refractivity contribution in [2.45, 2.75) is 32.4 Å². The van der Waals surface area contributed by atoms with Crippen molar-refractivity contribution in [3.05, 3.63) is 59.8 Å². The van der Waals surface area contributed by atoms with E-state index in [1.165, 1.54) is 6.21 Å². The minimum Gasteiger partial charge on any atom is -0.411 e. The molecule has 2 atom stereocenters. The Kier molecular flexibility index (Phi) is 6.87. The van der Waals surface area contributed by atoms with Crippen molar-refractivity contribution in [3.8, 4) is 0 Å². The normalized spacial score (nSPS) is 16.9. The van der Waals surface area contributed by atoms with Gasteiger partial charge in [-0.05, 0) is 37.1 Å². The van der Waals surface area contributed by atoms with Crippen molar-refractivity contribution in [3.63, 3.8) is 0 Å². The van der Waals surface area contributed by atoms with Crippen LogP contribution in [0, 0.1) is 6.92 Å². The lowest BCUT2D eigenvalue weighted by Crippen LogP contribution is -2.59. The minimum absolute atomic E-state index is 0.192. The van der Waals surface area contributed by atoms with E-state index in [1.807, 2.05) is 56.3 Å². The first kappa shape index (κ1) is 19.9. The van der Waals surface area contributed by atoms with Crippen molar-refractivity contribution in [2.75, 3.05) is 5.73 Å². The van der Waals surface area contributed by atoms with Gasteiger partial charge in [0.05, 0.1) is 24.7 Å². The SMILES string of the molecule is CC(NC(=O)N1C(=O)CC1/C=N/O)c1ccccc1.Cc1ccnc(N)c1. The van der Waals surface area contributed by atoms with E-state index in [-0.39, 0.29) is 18.4 Å². The summed E-state index contributed by atoms with van der Waals surface area (Å²) in [6.45, 7) is 3.82. The maximum absolute atomic E-state index is 12.0. The van der Waals surface area contributed by atoms with Crippen LogP contribution in [0.1, 0.15) is 30.5 Å². The van der Waals surface area contributed by atoms with E-state index in [4.69, 9.17) is 10.9 Å². The standard InChI is InChI=1S/C13H15N3O3.C6H8N2/c1-9(10-5-3-2-4-6-10)15-13(18)16-11(8-14-19)7-12(16)17;1-5-2-3-8-6(7)4-5/h2-6,8-9,11,19H,7H2,1H3,(H,15,18);2-4H,1H3,(H2,7,8)/b14-8+;. The summed E-state index contributed by atoms with van der Waals surface area (Å²) in [4.78, 5) is 28.2. The molecule has 4 N–H and O–H groups in total. The first-order chi connectivity index (χ1) is 12.9. The van der Waals surface area contributed by atoms with Crippen LogP contribution in [0.3, 0.4) is 0 Å². The second-order valence-corrected chi connectivity index (χ2v) is 6.14. The summed E-state index contributed by atoms with van der Waals surface area (Å²) in [5.41, 5.74) is 7.45. The van der Waals surface area contributed by atoms with Gasteiger partial charge in [-0.1, -0.05) is 35.5 Å². The molecular weight excluding hydrogens is 346 g/mol. The highest BCUT2D eigenvalue weighted by Gasteiger charge is 2.40. The van der Waals surface area contributed by atoms with Crippen LogP contribution < -0.4 is 11.1 Å². The number of amides is 3. The number of hydrogen-bond donors (Lipinski definition) is 3. The number of carbonyl (C=O) groups is 2. The number of aromatic nitrogens is 1. The maximum atomic E-state index is 12.0. The van der Waals surface area contributed by atoms with Gasteiger partial charge in [0.25, 0.3) is 0 Å². The number of aryl methyl sites for hydroxylation is 1. The Morgan fingerprint density at radius 1 is 1.41 bits per heavy atom.